The second-order valence-corrected chi connectivity index (χ2v) is 7.54. The smallest absolute Gasteiger partial charge is 0.233 e. The molecular weight excluding hydrogens is 318 g/mol. The predicted molar refractivity (Wildman–Crippen MR) is 90.4 cm³/mol. The molecule has 2 rings (SSSR count). The average Bonchev–Trinajstić information content (AvgIpc) is 2.95. The Morgan fingerprint density at radius 1 is 1.18 bits per heavy atom. The van der Waals surface area contributed by atoms with Gasteiger partial charge in [-0.2, -0.15) is 0 Å². The molecule has 1 aromatic carbocycles. The minimum Gasteiger partial charge on any atom is -0.294 e. The first kappa shape index (κ1) is 16.6. The van der Waals surface area contributed by atoms with E-state index in [0.717, 1.165) is 15.8 Å². The van der Waals surface area contributed by atoms with Gasteiger partial charge in [0.1, 0.15) is 0 Å². The molecule has 0 aliphatic heterocycles. The standard InChI is InChI=1S/C16H17NO3S2/c1-13(18)16-8-7-15(21-16)9-11-17-22(19,20)12-10-14-5-3-2-4-6-14/h2-8,10,12,17H,9,11H2,1H3/b12-10+. The van der Waals surface area contributed by atoms with Crippen LogP contribution in [-0.2, 0) is 16.4 Å². The molecule has 0 fully saturated rings. The van der Waals surface area contributed by atoms with Crippen molar-refractivity contribution in [1.82, 2.24) is 4.72 Å². The summed E-state index contributed by atoms with van der Waals surface area (Å²) in [4.78, 5) is 12.9. The number of hydrogen-bond donors (Lipinski definition) is 1. The molecule has 0 amide bonds. The van der Waals surface area contributed by atoms with Gasteiger partial charge in [0, 0.05) is 16.8 Å². The zero-order valence-electron chi connectivity index (χ0n) is 12.2. The Kier molecular flexibility index (Phi) is 5.65. The Bertz CT molecular complexity index is 762. The van der Waals surface area contributed by atoms with E-state index in [-0.39, 0.29) is 5.78 Å². The fourth-order valence-electron chi connectivity index (χ4n) is 1.80. The highest BCUT2D eigenvalue weighted by atomic mass is 32.2. The number of hydrogen-bond acceptors (Lipinski definition) is 4. The summed E-state index contributed by atoms with van der Waals surface area (Å²) >= 11 is 1.40. The molecule has 1 aromatic heterocycles. The zero-order valence-corrected chi connectivity index (χ0v) is 13.8. The maximum Gasteiger partial charge on any atom is 0.233 e. The lowest BCUT2D eigenvalue weighted by molar-refractivity contribution is 0.102. The molecule has 0 unspecified atom stereocenters. The number of carbonyl (C=O) groups excluding carboxylic acids is 1. The molecule has 6 heteroatoms. The van der Waals surface area contributed by atoms with Gasteiger partial charge in [0.05, 0.1) is 4.88 Å². The summed E-state index contributed by atoms with van der Waals surface area (Å²) in [7, 11) is -3.45. The summed E-state index contributed by atoms with van der Waals surface area (Å²) in [6, 6.07) is 12.9. The molecule has 2 aromatic rings. The van der Waals surface area contributed by atoms with Gasteiger partial charge >= 0.3 is 0 Å². The molecule has 0 atom stereocenters. The van der Waals surface area contributed by atoms with Crippen LogP contribution in [0.3, 0.4) is 0 Å². The Morgan fingerprint density at radius 2 is 1.91 bits per heavy atom. The minimum atomic E-state index is -3.45. The number of Topliss-reactive ketones (excluding diaryl/α,β-unsaturated/α-hetero) is 1. The van der Waals surface area contributed by atoms with Crippen molar-refractivity contribution in [2.24, 2.45) is 0 Å². The van der Waals surface area contributed by atoms with Crippen LogP contribution in [0.15, 0.2) is 47.9 Å². The molecule has 0 spiro atoms. The van der Waals surface area contributed by atoms with E-state index in [0.29, 0.717) is 17.8 Å². The lowest BCUT2D eigenvalue weighted by atomic mass is 10.2. The van der Waals surface area contributed by atoms with E-state index in [1.165, 1.54) is 18.3 Å². The van der Waals surface area contributed by atoms with E-state index in [1.54, 1.807) is 12.1 Å². The number of thiophene rings is 1. The van der Waals surface area contributed by atoms with Crippen LogP contribution in [0.1, 0.15) is 27.0 Å². The van der Waals surface area contributed by atoms with Gasteiger partial charge in [0.25, 0.3) is 0 Å². The molecule has 0 aliphatic rings. The average molecular weight is 335 g/mol. The van der Waals surface area contributed by atoms with E-state index >= 15 is 0 Å². The summed E-state index contributed by atoms with van der Waals surface area (Å²) in [6.45, 7) is 1.83. The van der Waals surface area contributed by atoms with Crippen LogP contribution in [0.2, 0.25) is 0 Å². The van der Waals surface area contributed by atoms with Crippen LogP contribution in [-0.4, -0.2) is 20.7 Å². The highest BCUT2D eigenvalue weighted by Crippen LogP contribution is 2.17. The molecule has 1 heterocycles. The lowest BCUT2D eigenvalue weighted by Crippen LogP contribution is -2.23. The molecule has 0 radical (unpaired) electrons. The molecule has 0 saturated carbocycles. The van der Waals surface area contributed by atoms with Crippen molar-refractivity contribution in [2.75, 3.05) is 6.54 Å². The number of benzene rings is 1. The zero-order chi connectivity index (χ0) is 16.0. The summed E-state index contributed by atoms with van der Waals surface area (Å²) in [6.07, 6.45) is 2.12. The fraction of sp³-hybridized carbons (Fsp3) is 0.188. The quantitative estimate of drug-likeness (QED) is 0.791. The van der Waals surface area contributed by atoms with Gasteiger partial charge in [0.15, 0.2) is 5.78 Å². The normalized spacial score (nSPS) is 11.9. The number of nitrogens with one attached hydrogen (secondary N) is 1. The second kappa shape index (κ2) is 7.49. The number of sulfonamides is 1. The summed E-state index contributed by atoms with van der Waals surface area (Å²) in [5.41, 5.74) is 0.831. The molecule has 4 nitrogen and oxygen atoms in total. The number of carbonyl (C=O) groups is 1. The van der Waals surface area contributed by atoms with Crippen LogP contribution in [0.25, 0.3) is 6.08 Å². The third-order valence-electron chi connectivity index (χ3n) is 2.92. The summed E-state index contributed by atoms with van der Waals surface area (Å²) in [5, 5.41) is 1.16. The van der Waals surface area contributed by atoms with Gasteiger partial charge in [-0.05, 0) is 37.1 Å². The Labute approximate surface area is 134 Å². The molecule has 0 bridgehead atoms. The van der Waals surface area contributed by atoms with E-state index in [9.17, 15) is 13.2 Å². The van der Waals surface area contributed by atoms with E-state index in [4.69, 9.17) is 0 Å². The molecular formula is C16H17NO3S2. The van der Waals surface area contributed by atoms with Gasteiger partial charge in [-0.1, -0.05) is 30.3 Å². The fourth-order valence-corrected chi connectivity index (χ4v) is 3.52. The SMILES string of the molecule is CC(=O)c1ccc(CCNS(=O)(=O)/C=C/c2ccccc2)s1. The van der Waals surface area contributed by atoms with E-state index in [1.807, 2.05) is 36.4 Å². The third kappa shape index (κ3) is 5.22. The Balaban J connectivity index is 1.87. The van der Waals surface area contributed by atoms with Gasteiger partial charge in [-0.25, -0.2) is 13.1 Å². The van der Waals surface area contributed by atoms with Crippen molar-refractivity contribution in [3.05, 3.63) is 63.2 Å². The van der Waals surface area contributed by atoms with Gasteiger partial charge in [0.2, 0.25) is 10.0 Å². The number of ketones is 1. The largest absolute Gasteiger partial charge is 0.294 e. The molecule has 0 saturated heterocycles. The first-order valence-corrected chi connectivity index (χ1v) is 9.15. The van der Waals surface area contributed by atoms with Crippen molar-refractivity contribution >= 4 is 33.2 Å². The second-order valence-electron chi connectivity index (χ2n) is 4.72. The van der Waals surface area contributed by atoms with Crippen LogP contribution in [0.5, 0.6) is 0 Å². The number of rotatable bonds is 7. The van der Waals surface area contributed by atoms with Crippen molar-refractivity contribution in [3.63, 3.8) is 0 Å². The van der Waals surface area contributed by atoms with E-state index < -0.39 is 10.0 Å². The van der Waals surface area contributed by atoms with Gasteiger partial charge in [-0.3, -0.25) is 4.79 Å². The summed E-state index contributed by atoms with van der Waals surface area (Å²) < 4.78 is 26.2. The third-order valence-corrected chi connectivity index (χ3v) is 5.27. The minimum absolute atomic E-state index is 0.0302. The Hall–Kier alpha value is -1.76. The van der Waals surface area contributed by atoms with Crippen LogP contribution < -0.4 is 4.72 Å². The van der Waals surface area contributed by atoms with Crippen LogP contribution in [0.4, 0.5) is 0 Å². The first-order valence-electron chi connectivity index (χ1n) is 6.79. The predicted octanol–water partition coefficient (Wildman–Crippen LogP) is 3.08. The topological polar surface area (TPSA) is 63.2 Å². The van der Waals surface area contributed by atoms with E-state index in [2.05, 4.69) is 4.72 Å². The lowest BCUT2D eigenvalue weighted by Gasteiger charge is -2.01. The van der Waals surface area contributed by atoms with Gasteiger partial charge < -0.3 is 0 Å². The first-order chi connectivity index (χ1) is 10.5. The maximum atomic E-state index is 11.9. The highest BCUT2D eigenvalue weighted by molar-refractivity contribution is 7.92. The highest BCUT2D eigenvalue weighted by Gasteiger charge is 2.07. The van der Waals surface area contributed by atoms with Crippen LogP contribution in [0, 0.1) is 0 Å². The van der Waals surface area contributed by atoms with Crippen molar-refractivity contribution < 1.29 is 13.2 Å². The molecule has 116 valence electrons. The molecule has 0 aliphatic carbocycles. The monoisotopic (exact) mass is 335 g/mol. The van der Waals surface area contributed by atoms with Crippen molar-refractivity contribution in [3.8, 4) is 0 Å². The molecule has 1 N–H and O–H groups in total. The maximum absolute atomic E-state index is 11.9. The molecule has 22 heavy (non-hydrogen) atoms. The van der Waals surface area contributed by atoms with Crippen molar-refractivity contribution in [1.29, 1.82) is 0 Å². The Morgan fingerprint density at radius 3 is 2.55 bits per heavy atom. The summed E-state index contributed by atoms with van der Waals surface area (Å²) in [5.74, 6) is 0.0302. The van der Waals surface area contributed by atoms with Gasteiger partial charge in [-0.15, -0.1) is 11.3 Å². The van der Waals surface area contributed by atoms with Crippen LogP contribution >= 0.6 is 11.3 Å². The van der Waals surface area contributed by atoms with Crippen molar-refractivity contribution in [2.45, 2.75) is 13.3 Å².